The summed E-state index contributed by atoms with van der Waals surface area (Å²) in [5.74, 6) is -4.82. The fraction of sp³-hybridized carbons (Fsp3) is 0.483. The van der Waals surface area contributed by atoms with Gasteiger partial charge >= 0.3 is 12.2 Å². The van der Waals surface area contributed by atoms with Crippen molar-refractivity contribution in [3.05, 3.63) is 144 Å². The van der Waals surface area contributed by atoms with E-state index in [0.717, 1.165) is 32.1 Å². The molecule has 0 unspecified atom stereocenters. The number of aryl methyl sites for hydroxylation is 2. The molecule has 0 aliphatic heterocycles. The van der Waals surface area contributed by atoms with Gasteiger partial charge in [0, 0.05) is 0 Å². The molecule has 0 radical (unpaired) electrons. The average molecular weight is 1020 g/mol. The van der Waals surface area contributed by atoms with Crippen molar-refractivity contribution in [3.63, 3.8) is 0 Å². The summed E-state index contributed by atoms with van der Waals surface area (Å²) in [7, 11) is 0. The van der Waals surface area contributed by atoms with Gasteiger partial charge < -0.3 is 41.8 Å². The lowest BCUT2D eigenvalue weighted by atomic mass is 9.90. The minimum absolute atomic E-state index is 0.0426. The Morgan fingerprint density at radius 1 is 0.486 bits per heavy atom. The molecule has 0 aromatic heterocycles. The topological polar surface area (TPSA) is 244 Å². The summed E-state index contributed by atoms with van der Waals surface area (Å²) in [4.78, 5) is 88.3. The molecule has 402 valence electrons. The van der Waals surface area contributed by atoms with E-state index in [-0.39, 0.29) is 25.7 Å². The average Bonchev–Trinajstić information content (AvgIpc) is 3.33. The van der Waals surface area contributed by atoms with Crippen LogP contribution in [0.3, 0.4) is 0 Å². The van der Waals surface area contributed by atoms with Crippen molar-refractivity contribution < 1.29 is 48.5 Å². The van der Waals surface area contributed by atoms with Gasteiger partial charge in [0.25, 0.3) is 0 Å². The number of aliphatic hydroxyl groups is 2. The summed E-state index contributed by atoms with van der Waals surface area (Å²) in [6, 6.07) is 28.4. The molecule has 0 spiro atoms. The molecule has 0 heterocycles. The normalized spacial score (nSPS) is 15.1. The third-order valence-corrected chi connectivity index (χ3v) is 12.2. The number of rotatable bonds is 23. The molecule has 0 saturated carbocycles. The van der Waals surface area contributed by atoms with Crippen LogP contribution in [0.15, 0.2) is 121 Å². The van der Waals surface area contributed by atoms with E-state index in [0.29, 0.717) is 12.8 Å². The quantitative estimate of drug-likeness (QED) is 0.0457. The zero-order chi connectivity index (χ0) is 54.9. The maximum absolute atomic E-state index is 14.9. The van der Waals surface area contributed by atoms with Crippen LogP contribution in [0.4, 0.5) is 9.59 Å². The molecule has 0 saturated heterocycles. The molecule has 74 heavy (non-hydrogen) atoms. The molecule has 0 aliphatic carbocycles. The first kappa shape index (κ1) is 60.1. The standard InChI is InChI=1S/C58H80N6O10/c1-37(2)47(63(55(71)73-57(5,6)7)53(69)43(59)35-41-27-19-13-20-28-41)51(67)61-45(33-31-39-23-15-11-16-24-39)49(65)50(66)46(34-32-40-25-17-12-18-26-40)62-52(68)48(38(3)4)64(56(72)74-58(8,9)10)54(70)44(60)36-42-29-21-14-22-30-42/h11-30,37-38,43-50,65-66H,31-36,59-60H2,1-10H3,(H,61,67)(H,62,68)/t43-,44-,45-,46-,47-,48-,49+,50+/m0/s1. The highest BCUT2D eigenvalue weighted by Crippen LogP contribution is 2.24. The SMILES string of the molecule is CC(C)[C@@H](C(=O)N[C@@H](CCc1ccccc1)[C@@H](O)[C@H](O)[C@H](CCc1ccccc1)NC(=O)[C@H](C(C)C)N(C(=O)OC(C)(C)C)C(=O)[C@@H](N)Cc1ccccc1)N(C(=O)OC(C)(C)C)C(=O)[C@@H](N)Cc1ccccc1. The molecule has 16 heteroatoms. The Labute approximate surface area is 437 Å². The van der Waals surface area contributed by atoms with Crippen molar-refractivity contribution in [2.45, 2.75) is 167 Å². The Hall–Kier alpha value is -6.46. The van der Waals surface area contributed by atoms with Crippen molar-refractivity contribution in [2.75, 3.05) is 0 Å². The number of imide groups is 2. The Kier molecular flexibility index (Phi) is 22.5. The van der Waals surface area contributed by atoms with Crippen LogP contribution in [-0.4, -0.2) is 115 Å². The number of nitrogens with two attached hydrogens (primary N) is 2. The molecule has 8 atom stereocenters. The lowest BCUT2D eigenvalue weighted by Gasteiger charge is -2.38. The first-order chi connectivity index (χ1) is 34.8. The van der Waals surface area contributed by atoms with Crippen LogP contribution in [0.5, 0.6) is 0 Å². The van der Waals surface area contributed by atoms with Gasteiger partial charge in [-0.25, -0.2) is 19.4 Å². The van der Waals surface area contributed by atoms with E-state index in [9.17, 15) is 39.0 Å². The second-order valence-electron chi connectivity index (χ2n) is 21.6. The molecule has 4 aromatic carbocycles. The number of carbonyl (C=O) groups is 6. The lowest BCUT2D eigenvalue weighted by molar-refractivity contribution is -0.144. The lowest BCUT2D eigenvalue weighted by Crippen LogP contribution is -2.64. The van der Waals surface area contributed by atoms with E-state index < -0.39 is 107 Å². The van der Waals surface area contributed by atoms with Crippen LogP contribution in [0.1, 0.15) is 104 Å². The van der Waals surface area contributed by atoms with Crippen LogP contribution < -0.4 is 22.1 Å². The van der Waals surface area contributed by atoms with E-state index in [4.69, 9.17) is 20.9 Å². The van der Waals surface area contributed by atoms with Gasteiger partial charge in [0.2, 0.25) is 23.6 Å². The maximum Gasteiger partial charge on any atom is 0.417 e. The number of aliphatic hydroxyl groups excluding tert-OH is 2. The van der Waals surface area contributed by atoms with Crippen molar-refractivity contribution in [1.29, 1.82) is 0 Å². The maximum atomic E-state index is 14.9. The molecular weight excluding hydrogens is 941 g/mol. The molecule has 16 nitrogen and oxygen atoms in total. The summed E-state index contributed by atoms with van der Waals surface area (Å²) in [5, 5.41) is 30.7. The van der Waals surface area contributed by atoms with Crippen molar-refractivity contribution in [3.8, 4) is 0 Å². The van der Waals surface area contributed by atoms with Crippen LogP contribution in [0.2, 0.25) is 0 Å². The highest BCUT2D eigenvalue weighted by atomic mass is 16.6. The largest absolute Gasteiger partial charge is 0.443 e. The Morgan fingerprint density at radius 3 is 1.01 bits per heavy atom. The van der Waals surface area contributed by atoms with Gasteiger partial charge in [-0.1, -0.05) is 149 Å². The van der Waals surface area contributed by atoms with Crippen molar-refractivity contribution in [2.24, 2.45) is 23.3 Å². The highest BCUT2D eigenvalue weighted by molar-refractivity contribution is 6.01. The number of hydrogen-bond acceptors (Lipinski definition) is 12. The van der Waals surface area contributed by atoms with E-state index in [1.54, 1.807) is 118 Å². The van der Waals surface area contributed by atoms with E-state index in [2.05, 4.69) is 10.6 Å². The van der Waals surface area contributed by atoms with Crippen LogP contribution in [0, 0.1) is 11.8 Å². The second-order valence-corrected chi connectivity index (χ2v) is 21.6. The van der Waals surface area contributed by atoms with Gasteiger partial charge in [0.05, 0.1) is 24.2 Å². The molecule has 0 bridgehead atoms. The fourth-order valence-corrected chi connectivity index (χ4v) is 8.61. The summed E-state index contributed by atoms with van der Waals surface area (Å²) in [5.41, 5.74) is 14.0. The summed E-state index contributed by atoms with van der Waals surface area (Å²) >= 11 is 0. The predicted molar refractivity (Wildman–Crippen MR) is 285 cm³/mol. The smallest absolute Gasteiger partial charge is 0.417 e. The minimum Gasteiger partial charge on any atom is -0.443 e. The predicted octanol–water partition coefficient (Wildman–Crippen LogP) is 6.66. The van der Waals surface area contributed by atoms with Crippen molar-refractivity contribution >= 4 is 35.8 Å². The summed E-state index contributed by atoms with van der Waals surface area (Å²) in [6.45, 7) is 16.4. The van der Waals surface area contributed by atoms with E-state index in [1.165, 1.54) is 0 Å². The molecule has 4 aromatic rings. The second kappa shape index (κ2) is 27.7. The van der Waals surface area contributed by atoms with Gasteiger partial charge in [0.15, 0.2) is 0 Å². The summed E-state index contributed by atoms with van der Waals surface area (Å²) in [6.07, 6.45) is -5.01. The van der Waals surface area contributed by atoms with Gasteiger partial charge in [-0.3, -0.25) is 19.2 Å². The Morgan fingerprint density at radius 2 is 0.757 bits per heavy atom. The zero-order valence-corrected chi connectivity index (χ0v) is 44.8. The van der Waals surface area contributed by atoms with Gasteiger partial charge in [-0.15, -0.1) is 0 Å². The number of nitrogens with zero attached hydrogens (tertiary/aromatic N) is 2. The van der Waals surface area contributed by atoms with Gasteiger partial charge in [-0.05, 0) is 114 Å². The number of amides is 6. The zero-order valence-electron chi connectivity index (χ0n) is 44.8. The van der Waals surface area contributed by atoms with E-state index >= 15 is 0 Å². The number of benzene rings is 4. The number of ether oxygens (including phenoxy) is 2. The number of nitrogens with one attached hydrogen (secondary N) is 2. The first-order valence-corrected chi connectivity index (χ1v) is 25.5. The van der Waals surface area contributed by atoms with Crippen LogP contribution in [0.25, 0.3) is 0 Å². The number of hydrogen-bond donors (Lipinski definition) is 6. The molecule has 0 aliphatic rings. The van der Waals surface area contributed by atoms with E-state index in [1.807, 2.05) is 72.8 Å². The minimum atomic E-state index is -1.80. The van der Waals surface area contributed by atoms with Crippen LogP contribution in [-0.2, 0) is 54.3 Å². The van der Waals surface area contributed by atoms with Crippen molar-refractivity contribution in [1.82, 2.24) is 20.4 Å². The third kappa shape index (κ3) is 18.5. The molecule has 4 rings (SSSR count). The molecular formula is C58H80N6O10. The number of carbonyl (C=O) groups excluding carboxylic acids is 6. The fourth-order valence-electron chi connectivity index (χ4n) is 8.61. The molecule has 6 amide bonds. The van der Waals surface area contributed by atoms with Gasteiger partial charge in [0.1, 0.15) is 35.5 Å². The monoisotopic (exact) mass is 1020 g/mol. The highest BCUT2D eigenvalue weighted by Gasteiger charge is 2.45. The summed E-state index contributed by atoms with van der Waals surface area (Å²) < 4.78 is 11.4. The molecule has 8 N–H and O–H groups in total. The third-order valence-electron chi connectivity index (χ3n) is 12.2. The molecule has 0 fully saturated rings. The Balaban J connectivity index is 1.77. The first-order valence-electron chi connectivity index (χ1n) is 25.5. The Bertz CT molecular complexity index is 2240. The van der Waals surface area contributed by atoms with Crippen LogP contribution >= 0.6 is 0 Å². The van der Waals surface area contributed by atoms with Gasteiger partial charge in [-0.2, -0.15) is 0 Å².